The molecule has 0 radical (unpaired) electrons. The van der Waals surface area contributed by atoms with Crippen LogP contribution in [0.15, 0.2) is 73.8 Å². The van der Waals surface area contributed by atoms with Crippen LogP contribution in [-0.2, 0) is 13.2 Å². The fourth-order valence-corrected chi connectivity index (χ4v) is 2.14. The summed E-state index contributed by atoms with van der Waals surface area (Å²) < 4.78 is 0. The maximum Gasteiger partial charge on any atom is 0.488 e. The molecule has 0 unspecified atom stereocenters. The van der Waals surface area contributed by atoms with Gasteiger partial charge in [0.15, 0.2) is 5.82 Å². The van der Waals surface area contributed by atoms with Crippen molar-refractivity contribution >= 4 is 24.2 Å². The molecule has 12 heteroatoms. The third-order valence-corrected chi connectivity index (χ3v) is 3.88. The fourth-order valence-electron chi connectivity index (χ4n) is 2.04. The van der Waals surface area contributed by atoms with Gasteiger partial charge >= 0.3 is 7.12 Å². The molecule has 34 heavy (non-hydrogen) atoms. The van der Waals surface area contributed by atoms with Crippen LogP contribution in [0.25, 0.3) is 11.4 Å². The molecule has 0 aliphatic rings. The predicted octanol–water partition coefficient (Wildman–Crippen LogP) is 1.69. The van der Waals surface area contributed by atoms with Gasteiger partial charge in [0, 0.05) is 66.3 Å². The van der Waals surface area contributed by atoms with Crippen molar-refractivity contribution < 1.29 is 20.3 Å². The minimum Gasteiger partial charge on any atom is -0.423 e. The number of nitrogens with zero attached hydrogens (tertiary/aromatic N) is 6. The summed E-state index contributed by atoms with van der Waals surface area (Å²) in [5.74, 6) is 0.643. The van der Waals surface area contributed by atoms with E-state index in [1.165, 1.54) is 24.8 Å². The largest absolute Gasteiger partial charge is 0.488 e. The SMILES string of the molecule is C.C.OB(O)c1ccncc1.OCc1cnc(-c2ccncc2)nc1.OCc1cnc(Cl)nc1. The Morgan fingerprint density at radius 2 is 1.09 bits per heavy atom. The second kappa shape index (κ2) is 17.2. The van der Waals surface area contributed by atoms with Crippen LogP contribution >= 0.6 is 11.6 Å². The van der Waals surface area contributed by atoms with E-state index in [1.807, 2.05) is 12.1 Å². The molecule has 0 atom stereocenters. The molecule has 0 fully saturated rings. The van der Waals surface area contributed by atoms with Gasteiger partial charge in [-0.3, -0.25) is 9.97 Å². The van der Waals surface area contributed by atoms with Crippen LogP contribution in [0.3, 0.4) is 0 Å². The predicted molar refractivity (Wildman–Crippen MR) is 132 cm³/mol. The molecule has 0 spiro atoms. The summed E-state index contributed by atoms with van der Waals surface area (Å²) in [6, 6.07) is 6.78. The monoisotopic (exact) mass is 486 g/mol. The first kappa shape index (κ1) is 30.7. The second-order valence-corrected chi connectivity index (χ2v) is 6.32. The van der Waals surface area contributed by atoms with Crippen molar-refractivity contribution in [2.75, 3.05) is 0 Å². The Hall–Kier alpha value is -3.35. The number of aliphatic hydroxyl groups is 2. The maximum atomic E-state index is 8.81. The molecule has 10 nitrogen and oxygen atoms in total. The molecule has 4 aromatic rings. The van der Waals surface area contributed by atoms with E-state index in [9.17, 15) is 0 Å². The molecular formula is C22H28BClN6O4. The van der Waals surface area contributed by atoms with Crippen LogP contribution in [0.1, 0.15) is 26.0 Å². The molecule has 0 aliphatic carbocycles. The summed E-state index contributed by atoms with van der Waals surface area (Å²) in [5, 5.41) is 34.6. The van der Waals surface area contributed by atoms with Crippen LogP contribution < -0.4 is 5.46 Å². The van der Waals surface area contributed by atoms with Crippen molar-refractivity contribution in [1.82, 2.24) is 29.9 Å². The molecule has 4 rings (SSSR count). The Morgan fingerprint density at radius 1 is 0.676 bits per heavy atom. The molecule has 0 saturated heterocycles. The van der Waals surface area contributed by atoms with Gasteiger partial charge in [0.25, 0.3) is 0 Å². The number of aliphatic hydroxyl groups excluding tert-OH is 2. The van der Waals surface area contributed by atoms with Gasteiger partial charge < -0.3 is 20.3 Å². The molecule has 4 aromatic heterocycles. The van der Waals surface area contributed by atoms with Crippen LogP contribution in [-0.4, -0.2) is 57.3 Å². The number of rotatable bonds is 4. The smallest absolute Gasteiger partial charge is 0.423 e. The van der Waals surface area contributed by atoms with Gasteiger partial charge in [-0.2, -0.15) is 0 Å². The lowest BCUT2D eigenvalue weighted by Gasteiger charge is -1.99. The second-order valence-electron chi connectivity index (χ2n) is 5.98. The van der Waals surface area contributed by atoms with Crippen LogP contribution in [0.5, 0.6) is 0 Å². The van der Waals surface area contributed by atoms with Crippen LogP contribution in [0.4, 0.5) is 0 Å². The Kier molecular flexibility index (Phi) is 15.5. The van der Waals surface area contributed by atoms with E-state index in [2.05, 4.69) is 29.9 Å². The van der Waals surface area contributed by atoms with Gasteiger partial charge in [-0.1, -0.05) is 14.9 Å². The Balaban J connectivity index is 0.000000485. The summed E-state index contributed by atoms with van der Waals surface area (Å²) in [4.78, 5) is 23.1. The summed E-state index contributed by atoms with van der Waals surface area (Å²) in [6.07, 6.45) is 12.6. The number of aromatic nitrogens is 6. The topological polar surface area (TPSA) is 158 Å². The summed E-state index contributed by atoms with van der Waals surface area (Å²) in [6.45, 7) is -0.0756. The van der Waals surface area contributed by atoms with Crippen molar-refractivity contribution in [3.05, 3.63) is 90.3 Å². The standard InChI is InChI=1S/C10H9N3O.C5H6BNO2.C5H5ClN2O.2CH4/c14-7-8-5-12-10(13-6-8)9-1-3-11-4-2-9;8-6(9)5-1-3-7-4-2-5;6-5-7-1-4(3-9)2-8-5;;/h1-6,14H,7H2;1-4,8-9H;1-2,9H,3H2;2*1H4. The lowest BCUT2D eigenvalue weighted by molar-refractivity contribution is 0.280. The third-order valence-electron chi connectivity index (χ3n) is 3.69. The van der Waals surface area contributed by atoms with Gasteiger partial charge in [0.1, 0.15) is 0 Å². The van der Waals surface area contributed by atoms with Crippen molar-refractivity contribution in [3.63, 3.8) is 0 Å². The highest BCUT2D eigenvalue weighted by atomic mass is 35.5. The lowest BCUT2D eigenvalue weighted by Crippen LogP contribution is -2.29. The first-order chi connectivity index (χ1) is 15.5. The lowest BCUT2D eigenvalue weighted by atomic mass is 9.81. The van der Waals surface area contributed by atoms with Crippen molar-refractivity contribution in [1.29, 1.82) is 0 Å². The van der Waals surface area contributed by atoms with E-state index >= 15 is 0 Å². The van der Waals surface area contributed by atoms with Gasteiger partial charge in [-0.25, -0.2) is 19.9 Å². The Morgan fingerprint density at radius 3 is 1.47 bits per heavy atom. The summed E-state index contributed by atoms with van der Waals surface area (Å²) >= 11 is 5.36. The first-order valence-corrected chi connectivity index (χ1v) is 9.56. The average molecular weight is 487 g/mol. The zero-order valence-electron chi connectivity index (χ0n) is 16.8. The highest BCUT2D eigenvalue weighted by Gasteiger charge is 2.07. The van der Waals surface area contributed by atoms with Gasteiger partial charge in [-0.15, -0.1) is 0 Å². The Bertz CT molecular complexity index is 1030. The van der Waals surface area contributed by atoms with Crippen LogP contribution in [0, 0.1) is 0 Å². The zero-order valence-corrected chi connectivity index (χ0v) is 17.5. The van der Waals surface area contributed by atoms with Gasteiger partial charge in [-0.05, 0) is 41.3 Å². The Labute approximate surface area is 204 Å². The van der Waals surface area contributed by atoms with Gasteiger partial charge in [0.2, 0.25) is 5.28 Å². The minimum atomic E-state index is -1.38. The van der Waals surface area contributed by atoms with E-state index in [1.54, 1.807) is 36.9 Å². The van der Waals surface area contributed by atoms with Crippen molar-refractivity contribution in [3.8, 4) is 11.4 Å². The molecule has 0 amide bonds. The maximum absolute atomic E-state index is 8.81. The van der Waals surface area contributed by atoms with Crippen LogP contribution in [0.2, 0.25) is 5.28 Å². The highest BCUT2D eigenvalue weighted by Crippen LogP contribution is 2.11. The number of hydrogen-bond acceptors (Lipinski definition) is 10. The van der Waals surface area contributed by atoms with E-state index < -0.39 is 7.12 Å². The molecule has 4 heterocycles. The quantitative estimate of drug-likeness (QED) is 0.247. The third kappa shape index (κ3) is 11.0. The molecule has 4 N–H and O–H groups in total. The molecule has 0 saturated carbocycles. The molecule has 0 bridgehead atoms. The molecule has 0 aliphatic heterocycles. The number of hydrogen-bond donors (Lipinski definition) is 4. The zero-order chi connectivity index (χ0) is 23.2. The first-order valence-electron chi connectivity index (χ1n) is 9.19. The molecular weight excluding hydrogens is 459 g/mol. The number of pyridine rings is 2. The number of halogens is 1. The molecule has 0 aromatic carbocycles. The normalized spacial score (nSPS) is 9.09. The van der Waals surface area contributed by atoms with Crippen molar-refractivity contribution in [2.45, 2.75) is 28.1 Å². The fraction of sp³-hybridized carbons (Fsp3) is 0.182. The molecule has 180 valence electrons. The summed E-state index contributed by atoms with van der Waals surface area (Å²) in [7, 11) is -1.38. The average Bonchev–Trinajstić information content (AvgIpc) is 2.86. The minimum absolute atomic E-state index is 0. The van der Waals surface area contributed by atoms with E-state index in [4.69, 9.17) is 31.9 Å². The summed E-state index contributed by atoms with van der Waals surface area (Å²) in [5.41, 5.74) is 2.76. The van der Waals surface area contributed by atoms with E-state index in [-0.39, 0.29) is 33.4 Å². The van der Waals surface area contributed by atoms with Crippen molar-refractivity contribution in [2.24, 2.45) is 0 Å². The van der Waals surface area contributed by atoms with Gasteiger partial charge in [0.05, 0.1) is 13.2 Å². The van der Waals surface area contributed by atoms with E-state index in [0.29, 0.717) is 22.4 Å². The highest BCUT2D eigenvalue weighted by molar-refractivity contribution is 6.58. The van der Waals surface area contributed by atoms with E-state index in [0.717, 1.165) is 5.56 Å².